The Bertz CT molecular complexity index is 505. The van der Waals surface area contributed by atoms with E-state index in [1.54, 1.807) is 0 Å². The largest absolute Gasteiger partial charge is 0.370 e. The van der Waals surface area contributed by atoms with Gasteiger partial charge in [0.15, 0.2) is 0 Å². The number of nitrogens with zero attached hydrogens (tertiary/aromatic N) is 2. The van der Waals surface area contributed by atoms with Crippen LogP contribution in [0.25, 0.3) is 0 Å². The van der Waals surface area contributed by atoms with Crippen molar-refractivity contribution in [3.05, 3.63) is 29.3 Å². The molecule has 1 aromatic carbocycles. The van der Waals surface area contributed by atoms with E-state index in [9.17, 15) is 5.26 Å². The molecule has 2 atom stereocenters. The fraction of sp³-hybridized carbons (Fsp3) is 0.588. The smallest absolute Gasteiger partial charge is 0.101 e. The van der Waals surface area contributed by atoms with Crippen molar-refractivity contribution in [1.82, 2.24) is 5.32 Å². The lowest BCUT2D eigenvalue weighted by atomic mass is 10.0. The third kappa shape index (κ3) is 2.53. The fourth-order valence-corrected chi connectivity index (χ4v) is 3.76. The highest BCUT2D eigenvalue weighted by Crippen LogP contribution is 2.40. The number of rotatable bonds is 4. The Balaban J connectivity index is 1.78. The van der Waals surface area contributed by atoms with E-state index < -0.39 is 0 Å². The minimum absolute atomic E-state index is 0.834. The van der Waals surface area contributed by atoms with E-state index in [4.69, 9.17) is 0 Å². The van der Waals surface area contributed by atoms with Gasteiger partial charge in [-0.25, -0.2) is 0 Å². The topological polar surface area (TPSA) is 39.1 Å². The molecule has 3 rings (SSSR count). The summed E-state index contributed by atoms with van der Waals surface area (Å²) in [5, 5.41) is 12.7. The number of hydrogen-bond donors (Lipinski definition) is 1. The molecule has 0 amide bonds. The van der Waals surface area contributed by atoms with Gasteiger partial charge in [-0.1, -0.05) is 19.4 Å². The molecule has 0 spiro atoms. The summed E-state index contributed by atoms with van der Waals surface area (Å²) in [6.45, 7) is 6.19. The summed E-state index contributed by atoms with van der Waals surface area (Å²) in [5.41, 5.74) is 3.18. The van der Waals surface area contributed by atoms with Crippen LogP contribution >= 0.6 is 0 Å². The van der Waals surface area contributed by atoms with Gasteiger partial charge in [0.25, 0.3) is 0 Å². The lowest BCUT2D eigenvalue weighted by molar-refractivity contribution is 0.494. The highest BCUT2D eigenvalue weighted by Gasteiger charge is 2.36. The van der Waals surface area contributed by atoms with Gasteiger partial charge in [-0.2, -0.15) is 5.26 Å². The van der Waals surface area contributed by atoms with Crippen LogP contribution in [0.5, 0.6) is 0 Å². The summed E-state index contributed by atoms with van der Waals surface area (Å²) < 4.78 is 0. The SMILES string of the molecule is CCNCc1ccc(N2CC3CCCC3C2)c(C#N)c1. The monoisotopic (exact) mass is 269 g/mol. The lowest BCUT2D eigenvalue weighted by Gasteiger charge is -2.21. The Morgan fingerprint density at radius 3 is 2.70 bits per heavy atom. The van der Waals surface area contributed by atoms with E-state index in [2.05, 4.69) is 35.3 Å². The van der Waals surface area contributed by atoms with Gasteiger partial charge >= 0.3 is 0 Å². The molecule has 0 aromatic heterocycles. The van der Waals surface area contributed by atoms with Crippen LogP contribution in [-0.2, 0) is 6.54 Å². The first kappa shape index (κ1) is 13.5. The Kier molecular flexibility index (Phi) is 3.93. The van der Waals surface area contributed by atoms with Gasteiger partial charge in [0, 0.05) is 19.6 Å². The molecule has 1 aromatic rings. The van der Waals surface area contributed by atoms with Gasteiger partial charge in [0.2, 0.25) is 0 Å². The average molecular weight is 269 g/mol. The van der Waals surface area contributed by atoms with Crippen molar-refractivity contribution in [2.24, 2.45) is 11.8 Å². The van der Waals surface area contributed by atoms with Crippen LogP contribution in [0.15, 0.2) is 18.2 Å². The van der Waals surface area contributed by atoms with Gasteiger partial charge in [-0.05, 0) is 48.9 Å². The molecule has 106 valence electrons. The Hall–Kier alpha value is -1.53. The lowest BCUT2D eigenvalue weighted by Crippen LogP contribution is -2.22. The van der Waals surface area contributed by atoms with Gasteiger partial charge in [0.1, 0.15) is 6.07 Å². The van der Waals surface area contributed by atoms with Gasteiger partial charge < -0.3 is 10.2 Å². The van der Waals surface area contributed by atoms with E-state index in [-0.39, 0.29) is 0 Å². The van der Waals surface area contributed by atoms with Crippen LogP contribution in [0.3, 0.4) is 0 Å². The summed E-state index contributed by atoms with van der Waals surface area (Å²) >= 11 is 0. The molecule has 2 fully saturated rings. The van der Waals surface area contributed by atoms with E-state index in [0.717, 1.165) is 49.3 Å². The molecular formula is C17H23N3. The standard InChI is InChI=1S/C17H23N3/c1-2-19-10-13-6-7-17(16(8-13)9-18)20-11-14-4-3-5-15(14)12-20/h6-8,14-15,19H,2-5,10-12H2,1H3. The molecule has 1 heterocycles. The molecule has 3 nitrogen and oxygen atoms in total. The summed E-state index contributed by atoms with van der Waals surface area (Å²) in [4.78, 5) is 2.43. The maximum atomic E-state index is 9.43. The second kappa shape index (κ2) is 5.85. The minimum Gasteiger partial charge on any atom is -0.370 e. The number of fused-ring (bicyclic) bond motifs is 1. The molecule has 20 heavy (non-hydrogen) atoms. The fourth-order valence-electron chi connectivity index (χ4n) is 3.76. The van der Waals surface area contributed by atoms with Crippen molar-refractivity contribution in [2.75, 3.05) is 24.5 Å². The van der Waals surface area contributed by atoms with Crippen molar-refractivity contribution >= 4 is 5.69 Å². The number of nitrogens with one attached hydrogen (secondary N) is 1. The zero-order valence-corrected chi connectivity index (χ0v) is 12.2. The van der Waals surface area contributed by atoms with Crippen molar-refractivity contribution in [2.45, 2.75) is 32.7 Å². The molecule has 1 saturated heterocycles. The Morgan fingerprint density at radius 1 is 1.30 bits per heavy atom. The quantitative estimate of drug-likeness (QED) is 0.913. The molecule has 0 radical (unpaired) electrons. The van der Waals surface area contributed by atoms with E-state index in [0.29, 0.717) is 0 Å². The number of hydrogen-bond acceptors (Lipinski definition) is 3. The van der Waals surface area contributed by atoms with Crippen LogP contribution in [0.1, 0.15) is 37.3 Å². The summed E-state index contributed by atoms with van der Waals surface area (Å²) in [5.74, 6) is 1.73. The second-order valence-corrected chi connectivity index (χ2v) is 6.10. The van der Waals surface area contributed by atoms with Crippen LogP contribution < -0.4 is 10.2 Å². The molecule has 2 unspecified atom stereocenters. The molecule has 0 bridgehead atoms. The van der Waals surface area contributed by atoms with Crippen LogP contribution in [-0.4, -0.2) is 19.6 Å². The summed E-state index contributed by atoms with van der Waals surface area (Å²) in [6.07, 6.45) is 4.15. The normalized spacial score (nSPS) is 24.7. The first-order chi connectivity index (χ1) is 9.81. The van der Waals surface area contributed by atoms with Crippen molar-refractivity contribution < 1.29 is 0 Å². The predicted octanol–water partition coefficient (Wildman–Crippen LogP) is 2.90. The molecule has 1 saturated carbocycles. The zero-order chi connectivity index (χ0) is 13.9. The highest BCUT2D eigenvalue weighted by molar-refractivity contribution is 5.61. The molecule has 3 heteroatoms. The van der Waals surface area contributed by atoms with Gasteiger partial charge in [-0.15, -0.1) is 0 Å². The molecule has 1 N–H and O–H groups in total. The maximum absolute atomic E-state index is 9.43. The zero-order valence-electron chi connectivity index (χ0n) is 12.2. The third-order valence-electron chi connectivity index (χ3n) is 4.83. The van der Waals surface area contributed by atoms with Crippen molar-refractivity contribution in [3.8, 4) is 6.07 Å². The minimum atomic E-state index is 0.834. The number of nitriles is 1. The summed E-state index contributed by atoms with van der Waals surface area (Å²) in [7, 11) is 0. The van der Waals surface area contributed by atoms with Crippen molar-refractivity contribution in [3.63, 3.8) is 0 Å². The second-order valence-electron chi connectivity index (χ2n) is 6.10. The molecule has 1 aliphatic carbocycles. The van der Waals surface area contributed by atoms with E-state index in [1.165, 1.54) is 24.8 Å². The van der Waals surface area contributed by atoms with E-state index in [1.807, 2.05) is 6.07 Å². The predicted molar refractivity (Wildman–Crippen MR) is 81.6 cm³/mol. The maximum Gasteiger partial charge on any atom is 0.101 e. The third-order valence-corrected chi connectivity index (χ3v) is 4.83. The summed E-state index contributed by atoms with van der Waals surface area (Å²) in [6, 6.07) is 8.74. The van der Waals surface area contributed by atoms with Gasteiger partial charge in [-0.3, -0.25) is 0 Å². The average Bonchev–Trinajstić information content (AvgIpc) is 3.05. The van der Waals surface area contributed by atoms with Crippen LogP contribution in [0, 0.1) is 23.2 Å². The first-order valence-corrected chi connectivity index (χ1v) is 7.80. The Morgan fingerprint density at radius 2 is 2.05 bits per heavy atom. The highest BCUT2D eigenvalue weighted by atomic mass is 15.2. The van der Waals surface area contributed by atoms with E-state index >= 15 is 0 Å². The number of anilines is 1. The molecular weight excluding hydrogens is 246 g/mol. The molecule has 2 aliphatic rings. The van der Waals surface area contributed by atoms with Crippen molar-refractivity contribution in [1.29, 1.82) is 5.26 Å². The Labute approximate surface area is 121 Å². The van der Waals surface area contributed by atoms with Crippen LogP contribution in [0.4, 0.5) is 5.69 Å². The molecule has 1 aliphatic heterocycles. The van der Waals surface area contributed by atoms with Crippen LogP contribution in [0.2, 0.25) is 0 Å². The number of benzene rings is 1. The van der Waals surface area contributed by atoms with Gasteiger partial charge in [0.05, 0.1) is 11.3 Å². The first-order valence-electron chi connectivity index (χ1n) is 7.80.